The molecule has 0 atom stereocenters. The Bertz CT molecular complexity index is 930. The first-order valence-corrected chi connectivity index (χ1v) is 9.85. The summed E-state index contributed by atoms with van der Waals surface area (Å²) < 4.78 is 11.4. The van der Waals surface area contributed by atoms with Crippen molar-refractivity contribution in [2.45, 2.75) is 20.3 Å². The molecule has 1 aliphatic rings. The molecule has 1 fully saturated rings. The van der Waals surface area contributed by atoms with Crippen LogP contribution in [0.15, 0.2) is 48.2 Å². The summed E-state index contributed by atoms with van der Waals surface area (Å²) in [4.78, 5) is 14.3. The van der Waals surface area contributed by atoms with Crippen LogP contribution < -0.4 is 19.7 Å². The van der Waals surface area contributed by atoms with Gasteiger partial charge in [-0.05, 0) is 61.5 Å². The van der Waals surface area contributed by atoms with Gasteiger partial charge >= 0.3 is 0 Å². The molecule has 3 rings (SSSR count). The van der Waals surface area contributed by atoms with Gasteiger partial charge in [0.2, 0.25) is 0 Å². The maximum absolute atomic E-state index is 12.9. The van der Waals surface area contributed by atoms with Gasteiger partial charge in [0.05, 0.1) is 23.9 Å². The van der Waals surface area contributed by atoms with Gasteiger partial charge in [-0.3, -0.25) is 9.69 Å². The third kappa shape index (κ3) is 4.29. The van der Waals surface area contributed by atoms with Crippen molar-refractivity contribution in [1.82, 2.24) is 5.32 Å². The Hall–Kier alpha value is -2.57. The zero-order valence-electron chi connectivity index (χ0n) is 15.7. The molecule has 2 aromatic rings. The fourth-order valence-corrected chi connectivity index (χ4v) is 3.28. The summed E-state index contributed by atoms with van der Waals surface area (Å²) in [6.45, 7) is 5.09. The highest BCUT2D eigenvalue weighted by atomic mass is 35.5. The lowest BCUT2D eigenvalue weighted by Gasteiger charge is -2.15. The maximum Gasteiger partial charge on any atom is 0.281 e. The van der Waals surface area contributed by atoms with E-state index in [1.807, 2.05) is 38.1 Å². The zero-order chi connectivity index (χ0) is 20.1. The average molecular weight is 417 g/mol. The zero-order valence-corrected chi connectivity index (χ0v) is 17.3. The summed E-state index contributed by atoms with van der Waals surface area (Å²) in [5.41, 5.74) is 1.72. The molecule has 28 heavy (non-hydrogen) atoms. The Balaban J connectivity index is 1.89. The monoisotopic (exact) mass is 416 g/mol. The largest absolute Gasteiger partial charge is 0.490 e. The van der Waals surface area contributed by atoms with Gasteiger partial charge in [-0.25, -0.2) is 0 Å². The van der Waals surface area contributed by atoms with Crippen LogP contribution in [-0.4, -0.2) is 24.2 Å². The Labute approximate surface area is 174 Å². The number of rotatable bonds is 7. The van der Waals surface area contributed by atoms with Crippen molar-refractivity contribution in [3.05, 3.63) is 58.7 Å². The van der Waals surface area contributed by atoms with Crippen LogP contribution in [0, 0.1) is 0 Å². The number of carbonyl (C=O) groups excluding carboxylic acids is 1. The third-order valence-electron chi connectivity index (χ3n) is 4.01. The molecule has 1 amide bonds. The number of nitrogens with zero attached hydrogens (tertiary/aromatic N) is 1. The molecule has 1 N–H and O–H groups in total. The lowest BCUT2D eigenvalue weighted by atomic mass is 10.1. The maximum atomic E-state index is 12.9. The summed E-state index contributed by atoms with van der Waals surface area (Å²) in [5, 5.41) is 3.71. The fraction of sp³-hybridized carbons (Fsp3) is 0.238. The van der Waals surface area contributed by atoms with Gasteiger partial charge in [-0.1, -0.05) is 36.7 Å². The molecule has 0 saturated carbocycles. The lowest BCUT2D eigenvalue weighted by molar-refractivity contribution is -0.113. The number of carbonyl (C=O) groups is 1. The van der Waals surface area contributed by atoms with Gasteiger partial charge < -0.3 is 14.8 Å². The molecule has 1 aliphatic heterocycles. The fourth-order valence-electron chi connectivity index (χ4n) is 2.77. The summed E-state index contributed by atoms with van der Waals surface area (Å²) in [6, 6.07) is 12.6. The van der Waals surface area contributed by atoms with Gasteiger partial charge in [-0.15, -0.1) is 0 Å². The third-order valence-corrected chi connectivity index (χ3v) is 4.62. The SMILES string of the molecule is CCCOc1ccc(/C=C2\NC(=S)N(c3ccccc3Cl)C2=O)cc1OCC. The van der Waals surface area contributed by atoms with Crippen LogP contribution in [0.1, 0.15) is 25.8 Å². The van der Waals surface area contributed by atoms with Gasteiger partial charge in [0.1, 0.15) is 5.70 Å². The number of hydrogen-bond acceptors (Lipinski definition) is 4. The van der Waals surface area contributed by atoms with Gasteiger partial charge in [0.25, 0.3) is 5.91 Å². The summed E-state index contributed by atoms with van der Waals surface area (Å²) in [5.74, 6) is 1.06. The Morgan fingerprint density at radius 1 is 1.14 bits per heavy atom. The predicted octanol–water partition coefficient (Wildman–Crippen LogP) is 4.79. The Morgan fingerprint density at radius 3 is 2.64 bits per heavy atom. The first kappa shape index (κ1) is 20.2. The number of para-hydroxylation sites is 1. The molecule has 7 heteroatoms. The number of anilines is 1. The van der Waals surface area contributed by atoms with E-state index in [4.69, 9.17) is 33.3 Å². The Morgan fingerprint density at radius 2 is 1.93 bits per heavy atom. The second-order valence-corrected chi connectivity index (χ2v) is 6.86. The molecule has 0 aliphatic carbocycles. The van der Waals surface area contributed by atoms with Gasteiger partial charge in [-0.2, -0.15) is 0 Å². The summed E-state index contributed by atoms with van der Waals surface area (Å²) in [7, 11) is 0. The molecule has 1 heterocycles. The highest BCUT2D eigenvalue weighted by molar-refractivity contribution is 7.80. The van der Waals surface area contributed by atoms with E-state index in [9.17, 15) is 4.79 Å². The number of benzene rings is 2. The molecule has 0 unspecified atom stereocenters. The highest BCUT2D eigenvalue weighted by Crippen LogP contribution is 2.32. The van der Waals surface area contributed by atoms with E-state index < -0.39 is 0 Å². The minimum absolute atomic E-state index is 0.262. The number of ether oxygens (including phenoxy) is 2. The van der Waals surface area contributed by atoms with Gasteiger partial charge in [0, 0.05) is 0 Å². The van der Waals surface area contributed by atoms with Crippen molar-refractivity contribution >= 4 is 46.6 Å². The number of hydrogen-bond donors (Lipinski definition) is 1. The molecule has 2 aromatic carbocycles. The van der Waals surface area contributed by atoms with Crippen molar-refractivity contribution in [2.24, 2.45) is 0 Å². The molecule has 1 saturated heterocycles. The number of halogens is 1. The lowest BCUT2D eigenvalue weighted by Crippen LogP contribution is -2.30. The van der Waals surface area contributed by atoms with Crippen LogP contribution >= 0.6 is 23.8 Å². The van der Waals surface area contributed by atoms with E-state index in [-0.39, 0.29) is 11.0 Å². The quantitative estimate of drug-likeness (QED) is 0.519. The number of thiocarbonyl (C=S) groups is 1. The molecule has 5 nitrogen and oxygen atoms in total. The van der Waals surface area contributed by atoms with E-state index >= 15 is 0 Å². The smallest absolute Gasteiger partial charge is 0.281 e. The van der Waals surface area contributed by atoms with E-state index in [2.05, 4.69) is 5.32 Å². The number of amides is 1. The topological polar surface area (TPSA) is 50.8 Å². The molecule has 0 bridgehead atoms. The normalized spacial score (nSPS) is 15.1. The van der Waals surface area contributed by atoms with E-state index in [0.717, 1.165) is 12.0 Å². The van der Waals surface area contributed by atoms with Crippen LogP contribution in [0.4, 0.5) is 5.69 Å². The standard InChI is InChI=1S/C21H21ClN2O3S/c1-3-11-27-18-10-9-14(13-19(18)26-4-2)12-16-20(25)24(21(28)23-16)17-8-6-5-7-15(17)22/h5-10,12-13H,3-4,11H2,1-2H3,(H,23,28)/b16-12-. The van der Waals surface area contributed by atoms with Crippen molar-refractivity contribution in [3.63, 3.8) is 0 Å². The summed E-state index contributed by atoms with van der Waals surface area (Å²) >= 11 is 11.6. The van der Waals surface area contributed by atoms with Crippen molar-refractivity contribution in [2.75, 3.05) is 18.1 Å². The van der Waals surface area contributed by atoms with E-state index in [1.165, 1.54) is 4.90 Å². The van der Waals surface area contributed by atoms with Crippen molar-refractivity contribution in [1.29, 1.82) is 0 Å². The molecule has 0 radical (unpaired) electrons. The van der Waals surface area contributed by atoms with Crippen molar-refractivity contribution in [3.8, 4) is 11.5 Å². The van der Waals surface area contributed by atoms with Crippen LogP contribution in [0.25, 0.3) is 6.08 Å². The van der Waals surface area contributed by atoms with E-state index in [1.54, 1.807) is 24.3 Å². The van der Waals surface area contributed by atoms with E-state index in [0.29, 0.717) is 41.1 Å². The first-order valence-electron chi connectivity index (χ1n) is 9.06. The predicted molar refractivity (Wildman–Crippen MR) is 116 cm³/mol. The molecule has 146 valence electrons. The van der Waals surface area contributed by atoms with Crippen LogP contribution in [0.2, 0.25) is 5.02 Å². The Kier molecular flexibility index (Phi) is 6.54. The second kappa shape index (κ2) is 9.08. The first-order chi connectivity index (χ1) is 13.5. The van der Waals surface area contributed by atoms with Crippen LogP contribution in [0.5, 0.6) is 11.5 Å². The minimum atomic E-state index is -0.262. The average Bonchev–Trinajstić information content (AvgIpc) is 2.95. The molecule has 0 aromatic heterocycles. The highest BCUT2D eigenvalue weighted by Gasteiger charge is 2.33. The molecular formula is C21H21ClN2O3S. The molecular weight excluding hydrogens is 396 g/mol. The summed E-state index contributed by atoms with van der Waals surface area (Å²) in [6.07, 6.45) is 2.64. The van der Waals surface area contributed by atoms with Gasteiger partial charge in [0.15, 0.2) is 16.6 Å². The van der Waals surface area contributed by atoms with Crippen LogP contribution in [-0.2, 0) is 4.79 Å². The molecule has 0 spiro atoms. The van der Waals surface area contributed by atoms with Crippen molar-refractivity contribution < 1.29 is 14.3 Å². The second-order valence-electron chi connectivity index (χ2n) is 6.07. The number of nitrogens with one attached hydrogen (secondary N) is 1. The van der Waals surface area contributed by atoms with Crippen LogP contribution in [0.3, 0.4) is 0 Å². The minimum Gasteiger partial charge on any atom is -0.490 e.